The molecule has 0 bridgehead atoms. The van der Waals surface area contributed by atoms with Gasteiger partial charge < -0.3 is 5.11 Å². The van der Waals surface area contributed by atoms with Gasteiger partial charge in [0, 0.05) is 0 Å². The fourth-order valence-electron chi connectivity index (χ4n) is 3.23. The fraction of sp³-hybridized carbons (Fsp3) is 1.00. The van der Waals surface area contributed by atoms with Crippen molar-refractivity contribution in [3.8, 4) is 0 Å². The molecule has 1 heterocycles. The van der Waals surface area contributed by atoms with Crippen molar-refractivity contribution in [2.45, 2.75) is 57.0 Å². The second-order valence-corrected chi connectivity index (χ2v) is 7.84. The van der Waals surface area contributed by atoms with Crippen molar-refractivity contribution in [3.05, 3.63) is 0 Å². The molecule has 1 saturated heterocycles. The lowest BCUT2D eigenvalue weighted by atomic mass is 9.78. The molecular formula is C12H22O3S. The fourth-order valence-corrected chi connectivity index (χ4v) is 5.01. The van der Waals surface area contributed by atoms with Crippen LogP contribution in [0.3, 0.4) is 0 Å². The Morgan fingerprint density at radius 3 is 2.44 bits per heavy atom. The summed E-state index contributed by atoms with van der Waals surface area (Å²) in [5.74, 6) is 0.846. The van der Waals surface area contributed by atoms with Crippen molar-refractivity contribution in [1.29, 1.82) is 0 Å². The molecule has 2 rings (SSSR count). The molecule has 1 saturated carbocycles. The molecular weight excluding hydrogens is 224 g/mol. The molecule has 1 unspecified atom stereocenters. The summed E-state index contributed by atoms with van der Waals surface area (Å²) in [5.41, 5.74) is -0.560. The number of sulfone groups is 1. The Bertz CT molecular complexity index is 328. The van der Waals surface area contributed by atoms with Crippen LogP contribution in [0.5, 0.6) is 0 Å². The molecule has 1 aliphatic carbocycles. The maximum atomic E-state index is 11.5. The Balaban J connectivity index is 1.93. The predicted molar refractivity (Wildman–Crippen MR) is 64.0 cm³/mol. The van der Waals surface area contributed by atoms with Gasteiger partial charge in [-0.3, -0.25) is 0 Å². The van der Waals surface area contributed by atoms with Crippen LogP contribution in [-0.4, -0.2) is 30.6 Å². The van der Waals surface area contributed by atoms with Crippen LogP contribution in [0.25, 0.3) is 0 Å². The quantitative estimate of drug-likeness (QED) is 0.809. The number of hydrogen-bond donors (Lipinski definition) is 1. The smallest absolute Gasteiger partial charge is 0.150 e. The standard InChI is InChI=1S/C12H22O3S/c13-12(6-2-1-3-7-12)9-11-5-4-8-16(14,15)10-11/h11,13H,1-10H2. The molecule has 0 aromatic carbocycles. The predicted octanol–water partition coefficient (Wildman–Crippen LogP) is 1.90. The molecule has 4 heteroatoms. The van der Waals surface area contributed by atoms with Crippen LogP contribution in [0.2, 0.25) is 0 Å². The summed E-state index contributed by atoms with van der Waals surface area (Å²) < 4.78 is 23.1. The van der Waals surface area contributed by atoms with Crippen LogP contribution in [0.4, 0.5) is 0 Å². The normalized spacial score (nSPS) is 33.4. The van der Waals surface area contributed by atoms with Gasteiger partial charge >= 0.3 is 0 Å². The van der Waals surface area contributed by atoms with Crippen molar-refractivity contribution < 1.29 is 13.5 Å². The number of rotatable bonds is 2. The van der Waals surface area contributed by atoms with Gasteiger partial charge in [0.15, 0.2) is 9.84 Å². The maximum absolute atomic E-state index is 11.5. The van der Waals surface area contributed by atoms with E-state index in [1.807, 2.05) is 0 Å². The van der Waals surface area contributed by atoms with Crippen LogP contribution in [0, 0.1) is 5.92 Å². The highest BCUT2D eigenvalue weighted by atomic mass is 32.2. The minimum Gasteiger partial charge on any atom is -0.390 e. The minimum atomic E-state index is -2.82. The van der Waals surface area contributed by atoms with Gasteiger partial charge in [-0.05, 0) is 38.0 Å². The van der Waals surface area contributed by atoms with Crippen molar-refractivity contribution in [1.82, 2.24) is 0 Å². The summed E-state index contributed by atoms with van der Waals surface area (Å²) in [6.07, 6.45) is 7.58. The van der Waals surface area contributed by atoms with E-state index in [9.17, 15) is 13.5 Å². The molecule has 0 aromatic rings. The summed E-state index contributed by atoms with van der Waals surface area (Å²) in [7, 11) is -2.82. The lowest BCUT2D eigenvalue weighted by molar-refractivity contribution is -0.0165. The van der Waals surface area contributed by atoms with Crippen LogP contribution < -0.4 is 0 Å². The monoisotopic (exact) mass is 246 g/mol. The average Bonchev–Trinajstić information content (AvgIpc) is 2.16. The summed E-state index contributed by atoms with van der Waals surface area (Å²) in [4.78, 5) is 0. The van der Waals surface area contributed by atoms with E-state index >= 15 is 0 Å². The summed E-state index contributed by atoms with van der Waals surface area (Å²) in [5, 5.41) is 10.4. The largest absolute Gasteiger partial charge is 0.390 e. The van der Waals surface area contributed by atoms with E-state index in [1.54, 1.807) is 0 Å². The average molecular weight is 246 g/mol. The van der Waals surface area contributed by atoms with Gasteiger partial charge in [0.25, 0.3) is 0 Å². The van der Waals surface area contributed by atoms with E-state index in [2.05, 4.69) is 0 Å². The zero-order chi connectivity index (χ0) is 11.6. The van der Waals surface area contributed by atoms with Gasteiger partial charge in [0.2, 0.25) is 0 Å². The first kappa shape index (κ1) is 12.4. The van der Waals surface area contributed by atoms with Crippen LogP contribution in [-0.2, 0) is 9.84 Å². The van der Waals surface area contributed by atoms with E-state index < -0.39 is 15.4 Å². The van der Waals surface area contributed by atoms with E-state index in [1.165, 1.54) is 6.42 Å². The van der Waals surface area contributed by atoms with Gasteiger partial charge in [-0.25, -0.2) is 8.42 Å². The molecule has 1 aliphatic heterocycles. The first-order chi connectivity index (χ1) is 7.49. The lowest BCUT2D eigenvalue weighted by Gasteiger charge is -2.36. The zero-order valence-corrected chi connectivity index (χ0v) is 10.6. The molecule has 0 aromatic heterocycles. The van der Waals surface area contributed by atoms with Gasteiger partial charge in [-0.2, -0.15) is 0 Å². The first-order valence-corrected chi connectivity index (χ1v) is 8.24. The summed E-state index contributed by atoms with van der Waals surface area (Å²) in [6, 6.07) is 0. The van der Waals surface area contributed by atoms with E-state index in [0.717, 1.165) is 38.5 Å². The highest BCUT2D eigenvalue weighted by Gasteiger charge is 2.35. The van der Waals surface area contributed by atoms with Crippen molar-refractivity contribution in [3.63, 3.8) is 0 Å². The van der Waals surface area contributed by atoms with Crippen LogP contribution in [0.1, 0.15) is 51.4 Å². The lowest BCUT2D eigenvalue weighted by Crippen LogP contribution is -2.37. The SMILES string of the molecule is O=S1(=O)CCCC(CC2(O)CCCCC2)C1. The van der Waals surface area contributed by atoms with E-state index in [-0.39, 0.29) is 5.92 Å². The maximum Gasteiger partial charge on any atom is 0.150 e. The van der Waals surface area contributed by atoms with Crippen molar-refractivity contribution in [2.75, 3.05) is 11.5 Å². The molecule has 2 aliphatic rings. The highest BCUT2D eigenvalue weighted by molar-refractivity contribution is 7.91. The molecule has 0 spiro atoms. The molecule has 3 nitrogen and oxygen atoms in total. The van der Waals surface area contributed by atoms with Crippen molar-refractivity contribution >= 4 is 9.84 Å². The Hall–Kier alpha value is -0.0900. The summed E-state index contributed by atoms with van der Waals surface area (Å²) >= 11 is 0. The summed E-state index contributed by atoms with van der Waals surface area (Å²) in [6.45, 7) is 0. The first-order valence-electron chi connectivity index (χ1n) is 6.42. The molecule has 16 heavy (non-hydrogen) atoms. The van der Waals surface area contributed by atoms with Gasteiger partial charge in [0.1, 0.15) is 0 Å². The molecule has 0 amide bonds. The van der Waals surface area contributed by atoms with Crippen LogP contribution >= 0.6 is 0 Å². The molecule has 94 valence electrons. The Kier molecular flexibility index (Phi) is 3.59. The molecule has 0 radical (unpaired) electrons. The third kappa shape index (κ3) is 3.20. The van der Waals surface area contributed by atoms with Gasteiger partial charge in [-0.1, -0.05) is 19.3 Å². The Morgan fingerprint density at radius 2 is 1.81 bits per heavy atom. The van der Waals surface area contributed by atoms with Crippen molar-refractivity contribution in [2.24, 2.45) is 5.92 Å². The second kappa shape index (κ2) is 4.65. The Labute approximate surface area is 98.2 Å². The third-order valence-electron chi connectivity index (χ3n) is 4.01. The van der Waals surface area contributed by atoms with Gasteiger partial charge in [-0.15, -0.1) is 0 Å². The minimum absolute atomic E-state index is 0.196. The highest BCUT2D eigenvalue weighted by Crippen LogP contribution is 2.36. The number of hydrogen-bond acceptors (Lipinski definition) is 3. The molecule has 1 N–H and O–H groups in total. The molecule has 2 fully saturated rings. The second-order valence-electron chi connectivity index (χ2n) is 5.61. The zero-order valence-electron chi connectivity index (χ0n) is 9.82. The van der Waals surface area contributed by atoms with E-state index in [4.69, 9.17) is 0 Å². The molecule has 1 atom stereocenters. The number of aliphatic hydroxyl groups is 1. The Morgan fingerprint density at radius 1 is 1.12 bits per heavy atom. The topological polar surface area (TPSA) is 54.4 Å². The van der Waals surface area contributed by atoms with E-state index in [0.29, 0.717) is 17.9 Å². The third-order valence-corrected chi connectivity index (χ3v) is 5.90. The van der Waals surface area contributed by atoms with Crippen LogP contribution in [0.15, 0.2) is 0 Å². The van der Waals surface area contributed by atoms with Gasteiger partial charge in [0.05, 0.1) is 17.1 Å².